The molecule has 8 atom stereocenters. The van der Waals surface area contributed by atoms with Crippen molar-refractivity contribution in [2.45, 2.75) is 48.8 Å². The van der Waals surface area contributed by atoms with E-state index in [1.165, 1.54) is 0 Å². The van der Waals surface area contributed by atoms with E-state index in [2.05, 4.69) is 8.37 Å². The van der Waals surface area contributed by atoms with Gasteiger partial charge >= 0.3 is 0 Å². The van der Waals surface area contributed by atoms with E-state index in [1.54, 1.807) is 0 Å². The lowest BCUT2D eigenvalue weighted by Crippen LogP contribution is -2.47. The van der Waals surface area contributed by atoms with Crippen LogP contribution in [-0.4, -0.2) is 115 Å². The molecule has 0 aliphatic heterocycles. The van der Waals surface area contributed by atoms with E-state index in [1.807, 2.05) is 0 Å². The summed E-state index contributed by atoms with van der Waals surface area (Å²) >= 11 is -0.0443. The van der Waals surface area contributed by atoms with Gasteiger partial charge in [-0.15, -0.1) is 0 Å². The van der Waals surface area contributed by atoms with Crippen LogP contribution in [0.1, 0.15) is 0 Å². The molecule has 8 N–H and O–H groups in total. The minimum absolute atomic E-state index is 0.0443. The lowest BCUT2D eigenvalue weighted by atomic mass is 10.0. The van der Waals surface area contributed by atoms with Gasteiger partial charge in [0.05, 0.1) is 13.2 Å². The van der Waals surface area contributed by atoms with Crippen LogP contribution in [0.3, 0.4) is 0 Å². The highest BCUT2D eigenvalue weighted by atomic mass is 32.2. The molecule has 0 aliphatic rings. The second-order valence-corrected chi connectivity index (χ2v) is 5.45. The largest absolute Gasteiger partial charge is 0.394 e. The molecule has 148 valence electrons. The third-order valence-corrected chi connectivity index (χ3v) is 3.71. The predicted octanol–water partition coefficient (Wildman–Crippen LogP) is -5.13. The number of rotatable bonds is 14. The Balaban J connectivity index is 4.61. The number of hydrogen-bond donors (Lipinski definition) is 8. The molecule has 0 bridgehead atoms. The zero-order valence-corrected chi connectivity index (χ0v) is 13.6. The Morgan fingerprint density at radius 3 is 1.24 bits per heavy atom. The molecular formula is C12H22O12S. The summed E-state index contributed by atoms with van der Waals surface area (Å²) in [6, 6.07) is 0. The van der Waals surface area contributed by atoms with Gasteiger partial charge in [-0.1, -0.05) is 0 Å². The number of aliphatic hydroxyl groups is 8. The van der Waals surface area contributed by atoms with E-state index in [4.69, 9.17) is 10.2 Å². The summed E-state index contributed by atoms with van der Waals surface area (Å²) in [6.45, 7) is -1.78. The lowest BCUT2D eigenvalue weighted by Gasteiger charge is -2.26. The molecule has 0 aromatic rings. The van der Waals surface area contributed by atoms with Crippen molar-refractivity contribution in [1.82, 2.24) is 0 Å². The molecule has 0 rings (SSSR count). The average Bonchev–Trinajstić information content (AvgIpc) is 2.64. The van der Waals surface area contributed by atoms with Gasteiger partial charge in [-0.2, -0.15) is 0 Å². The topological polar surface area (TPSA) is 214 Å². The fourth-order valence-electron chi connectivity index (χ4n) is 1.49. The molecular weight excluding hydrogens is 368 g/mol. The van der Waals surface area contributed by atoms with E-state index in [0.29, 0.717) is 0 Å². The molecule has 25 heavy (non-hydrogen) atoms. The summed E-state index contributed by atoms with van der Waals surface area (Å²) in [7, 11) is 0. The van der Waals surface area contributed by atoms with Crippen molar-refractivity contribution < 1.29 is 58.8 Å². The smallest absolute Gasteiger partial charge is 0.160 e. The van der Waals surface area contributed by atoms with Gasteiger partial charge < -0.3 is 50.4 Å². The van der Waals surface area contributed by atoms with Crippen LogP contribution in [-0.2, 0) is 18.0 Å². The summed E-state index contributed by atoms with van der Waals surface area (Å²) in [5, 5.41) is 73.9. The summed E-state index contributed by atoms with van der Waals surface area (Å²) in [5.74, 6) is 0. The Bertz CT molecular complexity index is 351. The van der Waals surface area contributed by atoms with Crippen molar-refractivity contribution in [3.8, 4) is 0 Å². The second kappa shape index (κ2) is 12.6. The molecule has 0 aromatic carbocycles. The first-order chi connectivity index (χ1) is 11.7. The van der Waals surface area contributed by atoms with Crippen molar-refractivity contribution in [2.75, 3.05) is 13.2 Å². The maximum absolute atomic E-state index is 10.8. The standard InChI is InChI=1S/C12H22O12S/c13-1-5(17)9(19)11(21)7(3-15)23-25-24-8(4-16)12(22)10(20)6(18)2-14/h3-14,17-22H,1-2H2/t5-,6-,7+,8+,9-,10-,11-,12-/m1/s1. The first-order valence-electron chi connectivity index (χ1n) is 6.94. The average molecular weight is 390 g/mol. The third-order valence-electron chi connectivity index (χ3n) is 3.10. The van der Waals surface area contributed by atoms with Crippen LogP contribution in [0.15, 0.2) is 0 Å². The van der Waals surface area contributed by atoms with Gasteiger partial charge in [0.1, 0.15) is 36.6 Å². The molecule has 0 spiro atoms. The van der Waals surface area contributed by atoms with Crippen molar-refractivity contribution in [3.63, 3.8) is 0 Å². The van der Waals surface area contributed by atoms with Crippen molar-refractivity contribution >= 4 is 24.9 Å². The highest BCUT2D eigenvalue weighted by Crippen LogP contribution is 2.18. The Morgan fingerprint density at radius 1 is 0.680 bits per heavy atom. The minimum Gasteiger partial charge on any atom is -0.394 e. The van der Waals surface area contributed by atoms with Crippen molar-refractivity contribution in [1.29, 1.82) is 0 Å². The van der Waals surface area contributed by atoms with E-state index < -0.39 is 62.0 Å². The monoisotopic (exact) mass is 390 g/mol. The first-order valence-corrected chi connectivity index (χ1v) is 7.61. The number of aldehydes is 2. The Hall–Kier alpha value is -0.710. The Labute approximate surface area is 146 Å². The van der Waals surface area contributed by atoms with Crippen molar-refractivity contribution in [3.05, 3.63) is 0 Å². The number of aliphatic hydroxyl groups excluding tert-OH is 8. The van der Waals surface area contributed by atoms with Gasteiger partial charge in [-0.05, 0) is 0 Å². The van der Waals surface area contributed by atoms with E-state index in [0.717, 1.165) is 0 Å². The van der Waals surface area contributed by atoms with Crippen LogP contribution in [0.5, 0.6) is 0 Å². The van der Waals surface area contributed by atoms with Crippen molar-refractivity contribution in [2.24, 2.45) is 0 Å². The van der Waals surface area contributed by atoms with Crippen LogP contribution in [0.2, 0.25) is 0 Å². The molecule has 0 aliphatic carbocycles. The van der Waals surface area contributed by atoms with Crippen LogP contribution < -0.4 is 0 Å². The second-order valence-electron chi connectivity index (χ2n) is 4.92. The van der Waals surface area contributed by atoms with E-state index >= 15 is 0 Å². The third kappa shape index (κ3) is 7.59. The SMILES string of the molecule is O=C[C@H](OSO[C@@H](C=O)[C@@H](O)[C@H](O)[C@H](O)CO)[C@@H](O)[C@H](O)[C@H](O)CO. The normalized spacial score (nSPS) is 21.4. The summed E-state index contributed by atoms with van der Waals surface area (Å²) in [4.78, 5) is 21.7. The minimum atomic E-state index is -1.95. The van der Waals surface area contributed by atoms with Crippen LogP contribution in [0.25, 0.3) is 0 Å². The molecule has 0 heterocycles. The van der Waals surface area contributed by atoms with Gasteiger partial charge in [0.2, 0.25) is 0 Å². The number of carbonyl (C=O) groups excluding carboxylic acids is 2. The number of carbonyl (C=O) groups is 2. The zero-order valence-electron chi connectivity index (χ0n) is 12.8. The highest BCUT2D eigenvalue weighted by Gasteiger charge is 2.34. The Morgan fingerprint density at radius 2 is 1.00 bits per heavy atom. The van der Waals surface area contributed by atoms with E-state index in [-0.39, 0.29) is 24.9 Å². The van der Waals surface area contributed by atoms with Crippen LogP contribution >= 0.6 is 12.3 Å². The highest BCUT2D eigenvalue weighted by molar-refractivity contribution is 7.89. The van der Waals surface area contributed by atoms with Crippen LogP contribution in [0.4, 0.5) is 0 Å². The quantitative estimate of drug-likeness (QED) is 0.103. The zero-order chi connectivity index (χ0) is 19.6. The van der Waals surface area contributed by atoms with Crippen LogP contribution in [0, 0.1) is 0 Å². The first kappa shape index (κ1) is 24.3. The molecule has 0 saturated carbocycles. The van der Waals surface area contributed by atoms with Gasteiger partial charge in [0.25, 0.3) is 0 Å². The lowest BCUT2D eigenvalue weighted by molar-refractivity contribution is -0.135. The maximum Gasteiger partial charge on any atom is 0.160 e. The van der Waals surface area contributed by atoms with Gasteiger partial charge in [-0.3, -0.25) is 8.37 Å². The number of hydrogen-bond acceptors (Lipinski definition) is 13. The molecule has 0 saturated heterocycles. The summed E-state index contributed by atoms with van der Waals surface area (Å²) in [5.41, 5.74) is 0. The predicted molar refractivity (Wildman–Crippen MR) is 79.7 cm³/mol. The molecule has 13 heteroatoms. The summed E-state index contributed by atoms with van der Waals surface area (Å²) in [6.07, 6.45) is -14.6. The van der Waals surface area contributed by atoms with Gasteiger partial charge in [-0.25, -0.2) is 0 Å². The molecule has 0 amide bonds. The molecule has 0 aromatic heterocycles. The fraction of sp³-hybridized carbons (Fsp3) is 0.833. The van der Waals surface area contributed by atoms with Gasteiger partial charge in [0.15, 0.2) is 37.1 Å². The molecule has 12 nitrogen and oxygen atoms in total. The van der Waals surface area contributed by atoms with Gasteiger partial charge in [0, 0.05) is 0 Å². The Kier molecular flexibility index (Phi) is 12.3. The summed E-state index contributed by atoms with van der Waals surface area (Å²) < 4.78 is 9.36. The maximum atomic E-state index is 10.8. The fourth-order valence-corrected chi connectivity index (χ4v) is 2.04. The molecule has 0 unspecified atom stereocenters. The van der Waals surface area contributed by atoms with E-state index in [9.17, 15) is 40.2 Å². The molecule has 0 fully saturated rings. The molecule has 0 radical (unpaired) electrons.